The first-order valence-electron chi connectivity index (χ1n) is 8.55. The standard InChI is InChI=1S/C18H24N4O3/c1-13-6-4-5-7-16(13)12-24-14(2)17(23)21-8-10-22(11-9-21)18-19-15(3)25-20-18/h4-7,14H,8-12H2,1-3H3. The fourth-order valence-corrected chi connectivity index (χ4v) is 2.86. The Morgan fingerprint density at radius 1 is 1.24 bits per heavy atom. The zero-order chi connectivity index (χ0) is 17.8. The number of amides is 1. The van der Waals surface area contributed by atoms with E-state index in [4.69, 9.17) is 9.26 Å². The summed E-state index contributed by atoms with van der Waals surface area (Å²) in [6, 6.07) is 8.05. The minimum atomic E-state index is -0.460. The Hall–Kier alpha value is -2.41. The van der Waals surface area contributed by atoms with E-state index in [-0.39, 0.29) is 5.91 Å². The molecule has 25 heavy (non-hydrogen) atoms. The van der Waals surface area contributed by atoms with Crippen molar-refractivity contribution in [2.75, 3.05) is 31.1 Å². The monoisotopic (exact) mass is 344 g/mol. The highest BCUT2D eigenvalue weighted by atomic mass is 16.5. The molecule has 1 aromatic carbocycles. The van der Waals surface area contributed by atoms with E-state index < -0.39 is 6.10 Å². The summed E-state index contributed by atoms with van der Waals surface area (Å²) in [6.45, 7) is 8.71. The number of benzene rings is 1. The van der Waals surface area contributed by atoms with Crippen LogP contribution < -0.4 is 4.90 Å². The van der Waals surface area contributed by atoms with Crippen molar-refractivity contribution in [3.63, 3.8) is 0 Å². The summed E-state index contributed by atoms with van der Waals surface area (Å²) >= 11 is 0. The quantitative estimate of drug-likeness (QED) is 0.825. The number of hydrogen-bond donors (Lipinski definition) is 0. The molecule has 0 bridgehead atoms. The number of hydrogen-bond acceptors (Lipinski definition) is 6. The number of aromatic nitrogens is 2. The van der Waals surface area contributed by atoms with Crippen LogP contribution in [0.4, 0.5) is 5.95 Å². The summed E-state index contributed by atoms with van der Waals surface area (Å²) < 4.78 is 10.8. The molecule has 0 aliphatic carbocycles. The highest BCUT2D eigenvalue weighted by molar-refractivity contribution is 5.80. The van der Waals surface area contributed by atoms with Crippen LogP contribution in [-0.4, -0.2) is 53.2 Å². The van der Waals surface area contributed by atoms with E-state index in [9.17, 15) is 4.79 Å². The van der Waals surface area contributed by atoms with Crippen molar-refractivity contribution in [1.82, 2.24) is 15.0 Å². The third-order valence-corrected chi connectivity index (χ3v) is 4.49. The largest absolute Gasteiger partial charge is 0.364 e. The van der Waals surface area contributed by atoms with Gasteiger partial charge in [0, 0.05) is 33.1 Å². The Labute approximate surface area is 147 Å². The van der Waals surface area contributed by atoms with Gasteiger partial charge in [-0.1, -0.05) is 24.3 Å². The van der Waals surface area contributed by atoms with E-state index >= 15 is 0 Å². The average molecular weight is 344 g/mol. The maximum Gasteiger partial charge on any atom is 0.266 e. The molecular weight excluding hydrogens is 320 g/mol. The van der Waals surface area contributed by atoms with Crippen molar-refractivity contribution in [1.29, 1.82) is 0 Å². The van der Waals surface area contributed by atoms with Crippen molar-refractivity contribution < 1.29 is 14.1 Å². The normalized spacial score (nSPS) is 16.1. The Bertz CT molecular complexity index is 723. The van der Waals surface area contributed by atoms with Gasteiger partial charge in [-0.15, -0.1) is 0 Å². The van der Waals surface area contributed by atoms with Crippen molar-refractivity contribution in [3.8, 4) is 0 Å². The lowest BCUT2D eigenvalue weighted by Crippen LogP contribution is -2.51. The SMILES string of the molecule is Cc1nc(N2CCN(C(=O)C(C)OCc3ccccc3C)CC2)no1. The molecule has 1 aliphatic heterocycles. The summed E-state index contributed by atoms with van der Waals surface area (Å²) in [5, 5.41) is 3.93. The maximum atomic E-state index is 12.6. The first kappa shape index (κ1) is 17.4. The van der Waals surface area contributed by atoms with E-state index in [1.54, 1.807) is 6.92 Å². The molecule has 1 saturated heterocycles. The topological polar surface area (TPSA) is 71.7 Å². The highest BCUT2D eigenvalue weighted by Gasteiger charge is 2.27. The molecular formula is C18H24N4O3. The molecule has 1 unspecified atom stereocenters. The second-order valence-corrected chi connectivity index (χ2v) is 6.31. The van der Waals surface area contributed by atoms with Gasteiger partial charge < -0.3 is 19.1 Å². The van der Waals surface area contributed by atoms with Gasteiger partial charge in [0.05, 0.1) is 6.61 Å². The van der Waals surface area contributed by atoms with E-state index in [1.165, 1.54) is 5.56 Å². The van der Waals surface area contributed by atoms with Crippen molar-refractivity contribution in [3.05, 3.63) is 41.3 Å². The maximum absolute atomic E-state index is 12.6. The number of rotatable bonds is 5. The molecule has 0 spiro atoms. The van der Waals surface area contributed by atoms with Crippen LogP contribution in [0.1, 0.15) is 23.9 Å². The molecule has 1 aliphatic rings. The van der Waals surface area contributed by atoms with Crippen LogP contribution >= 0.6 is 0 Å². The molecule has 2 heterocycles. The molecule has 7 heteroatoms. The van der Waals surface area contributed by atoms with Gasteiger partial charge in [-0.2, -0.15) is 4.98 Å². The number of carbonyl (C=O) groups excluding carboxylic acids is 1. The Morgan fingerprint density at radius 2 is 1.96 bits per heavy atom. The van der Waals surface area contributed by atoms with Crippen LogP contribution in [0.5, 0.6) is 0 Å². The molecule has 1 amide bonds. The van der Waals surface area contributed by atoms with Crippen LogP contribution in [0.25, 0.3) is 0 Å². The average Bonchev–Trinajstić information content (AvgIpc) is 3.07. The lowest BCUT2D eigenvalue weighted by molar-refractivity contribution is -0.143. The van der Waals surface area contributed by atoms with Gasteiger partial charge in [-0.3, -0.25) is 4.79 Å². The fraction of sp³-hybridized carbons (Fsp3) is 0.500. The van der Waals surface area contributed by atoms with E-state index in [0.29, 0.717) is 44.6 Å². The lowest BCUT2D eigenvalue weighted by atomic mass is 10.1. The third kappa shape index (κ3) is 4.17. The molecule has 1 aromatic heterocycles. The lowest BCUT2D eigenvalue weighted by Gasteiger charge is -2.35. The van der Waals surface area contributed by atoms with Gasteiger partial charge in [0.1, 0.15) is 6.10 Å². The number of anilines is 1. The van der Waals surface area contributed by atoms with E-state index in [2.05, 4.69) is 10.1 Å². The zero-order valence-electron chi connectivity index (χ0n) is 14.9. The number of ether oxygens (including phenoxy) is 1. The van der Waals surface area contributed by atoms with Crippen molar-refractivity contribution >= 4 is 11.9 Å². The number of nitrogens with zero attached hydrogens (tertiary/aromatic N) is 4. The molecule has 1 atom stereocenters. The minimum absolute atomic E-state index is 0.0255. The minimum Gasteiger partial charge on any atom is -0.364 e. The summed E-state index contributed by atoms with van der Waals surface area (Å²) in [5.41, 5.74) is 2.28. The first-order chi connectivity index (χ1) is 12.0. The molecule has 0 N–H and O–H groups in total. The number of piperazine rings is 1. The van der Waals surface area contributed by atoms with Crippen molar-refractivity contribution in [2.24, 2.45) is 0 Å². The molecule has 7 nitrogen and oxygen atoms in total. The Balaban J connectivity index is 1.49. The smallest absolute Gasteiger partial charge is 0.266 e. The highest BCUT2D eigenvalue weighted by Crippen LogP contribution is 2.14. The third-order valence-electron chi connectivity index (χ3n) is 4.49. The van der Waals surface area contributed by atoms with Gasteiger partial charge in [0.15, 0.2) is 0 Å². The molecule has 2 aromatic rings. The fourth-order valence-electron chi connectivity index (χ4n) is 2.86. The summed E-state index contributed by atoms with van der Waals surface area (Å²) in [5.74, 6) is 1.16. The number of aryl methyl sites for hydroxylation is 2. The van der Waals surface area contributed by atoms with E-state index in [1.807, 2.05) is 47.9 Å². The number of carbonyl (C=O) groups is 1. The summed E-state index contributed by atoms with van der Waals surface area (Å²) in [4.78, 5) is 20.7. The van der Waals surface area contributed by atoms with Gasteiger partial charge in [-0.25, -0.2) is 0 Å². The van der Waals surface area contributed by atoms with Crippen LogP contribution in [0.2, 0.25) is 0 Å². The van der Waals surface area contributed by atoms with Gasteiger partial charge in [0.25, 0.3) is 11.9 Å². The molecule has 0 saturated carbocycles. The molecule has 134 valence electrons. The first-order valence-corrected chi connectivity index (χ1v) is 8.55. The predicted molar refractivity (Wildman–Crippen MR) is 93.3 cm³/mol. The van der Waals surface area contributed by atoms with Crippen LogP contribution in [0.15, 0.2) is 28.8 Å². The van der Waals surface area contributed by atoms with Gasteiger partial charge in [0.2, 0.25) is 5.89 Å². The second-order valence-electron chi connectivity index (χ2n) is 6.31. The Kier molecular flexibility index (Phi) is 5.33. The molecule has 1 fully saturated rings. The summed E-state index contributed by atoms with van der Waals surface area (Å²) in [7, 11) is 0. The zero-order valence-corrected chi connectivity index (χ0v) is 14.9. The van der Waals surface area contributed by atoms with Gasteiger partial charge >= 0.3 is 0 Å². The van der Waals surface area contributed by atoms with E-state index in [0.717, 1.165) is 5.56 Å². The molecule has 3 rings (SSSR count). The predicted octanol–water partition coefficient (Wildman–Crippen LogP) is 1.94. The van der Waals surface area contributed by atoms with Crippen LogP contribution in [0, 0.1) is 13.8 Å². The van der Waals surface area contributed by atoms with Crippen molar-refractivity contribution in [2.45, 2.75) is 33.5 Å². The molecule has 0 radical (unpaired) electrons. The summed E-state index contributed by atoms with van der Waals surface area (Å²) in [6.07, 6.45) is -0.460. The van der Waals surface area contributed by atoms with Gasteiger partial charge in [-0.05, 0) is 30.1 Å². The Morgan fingerprint density at radius 3 is 2.60 bits per heavy atom. The van der Waals surface area contributed by atoms with Crippen LogP contribution in [0.3, 0.4) is 0 Å². The second kappa shape index (κ2) is 7.65. The van der Waals surface area contributed by atoms with Crippen LogP contribution in [-0.2, 0) is 16.1 Å².